The van der Waals surface area contributed by atoms with E-state index in [1.54, 1.807) is 14.0 Å². The lowest BCUT2D eigenvalue weighted by atomic mass is 10.1. The van der Waals surface area contributed by atoms with E-state index in [-0.39, 0.29) is 24.3 Å². The molecule has 0 spiro atoms. The Balaban J connectivity index is 1.90. The Morgan fingerprint density at radius 1 is 1.32 bits per heavy atom. The average molecular weight is 302 g/mol. The molecule has 116 valence electrons. The maximum atomic E-state index is 12.1. The number of benzene rings is 1. The largest absolute Gasteiger partial charge is 0.450 e. The molecule has 0 saturated heterocycles. The van der Waals surface area contributed by atoms with Crippen LogP contribution in [0, 0.1) is 6.92 Å². The zero-order valence-electron chi connectivity index (χ0n) is 12.8. The highest BCUT2D eigenvalue weighted by Gasteiger charge is 2.20. The summed E-state index contributed by atoms with van der Waals surface area (Å²) >= 11 is 0. The van der Waals surface area contributed by atoms with Gasteiger partial charge in [-0.2, -0.15) is 0 Å². The molecular formula is C16H18N2O4. The fourth-order valence-electron chi connectivity index (χ4n) is 1.93. The van der Waals surface area contributed by atoms with Gasteiger partial charge in [0, 0.05) is 13.1 Å². The van der Waals surface area contributed by atoms with Gasteiger partial charge in [0.25, 0.3) is 5.91 Å². The minimum atomic E-state index is -0.699. The third-order valence-electron chi connectivity index (χ3n) is 3.41. The molecule has 6 nitrogen and oxygen atoms in total. The van der Waals surface area contributed by atoms with Gasteiger partial charge in [-0.1, -0.05) is 35.5 Å². The van der Waals surface area contributed by atoms with E-state index in [1.807, 2.05) is 37.3 Å². The summed E-state index contributed by atoms with van der Waals surface area (Å²) in [6.45, 7) is 3.27. The first-order valence-corrected chi connectivity index (χ1v) is 6.90. The highest BCUT2D eigenvalue weighted by molar-refractivity contribution is 5.88. The number of esters is 1. The van der Waals surface area contributed by atoms with Crippen LogP contribution in [0.2, 0.25) is 0 Å². The Morgan fingerprint density at radius 2 is 2.00 bits per heavy atom. The summed E-state index contributed by atoms with van der Waals surface area (Å²) in [6.07, 6.45) is 0. The number of rotatable bonds is 5. The van der Waals surface area contributed by atoms with Crippen molar-refractivity contribution in [2.75, 3.05) is 13.7 Å². The number of aryl methyl sites for hydroxylation is 1. The number of nitrogens with zero attached hydrogens (tertiary/aromatic N) is 2. The molecule has 0 bridgehead atoms. The first-order valence-electron chi connectivity index (χ1n) is 6.90. The van der Waals surface area contributed by atoms with Crippen LogP contribution in [0.3, 0.4) is 0 Å². The van der Waals surface area contributed by atoms with Crippen LogP contribution >= 0.6 is 0 Å². The van der Waals surface area contributed by atoms with Gasteiger partial charge in [-0.05, 0) is 19.4 Å². The molecular weight excluding hydrogens is 284 g/mol. The molecule has 0 unspecified atom stereocenters. The third-order valence-corrected chi connectivity index (χ3v) is 3.41. The molecule has 1 amide bonds. The number of hydrogen-bond acceptors (Lipinski definition) is 5. The van der Waals surface area contributed by atoms with E-state index in [2.05, 4.69) is 5.16 Å². The van der Waals surface area contributed by atoms with Crippen molar-refractivity contribution in [3.8, 4) is 0 Å². The van der Waals surface area contributed by atoms with Crippen molar-refractivity contribution in [3.05, 3.63) is 53.4 Å². The minimum absolute atomic E-state index is 0.0101. The highest BCUT2D eigenvalue weighted by Crippen LogP contribution is 2.18. The quantitative estimate of drug-likeness (QED) is 0.793. The van der Waals surface area contributed by atoms with Crippen molar-refractivity contribution < 1.29 is 18.8 Å². The van der Waals surface area contributed by atoms with Crippen molar-refractivity contribution in [2.45, 2.75) is 19.9 Å². The minimum Gasteiger partial charge on any atom is -0.450 e. The van der Waals surface area contributed by atoms with Gasteiger partial charge in [0.1, 0.15) is 0 Å². The van der Waals surface area contributed by atoms with Crippen molar-refractivity contribution in [1.82, 2.24) is 10.1 Å². The SMILES string of the molecule is Cc1cc(C(=O)OCC(=O)N(C)[C@@H](C)c2ccccc2)on1. The normalized spacial score (nSPS) is 11.8. The topological polar surface area (TPSA) is 72.6 Å². The Hall–Kier alpha value is -2.63. The molecule has 22 heavy (non-hydrogen) atoms. The summed E-state index contributed by atoms with van der Waals surface area (Å²) in [7, 11) is 1.67. The number of likely N-dealkylation sites (N-methyl/N-ethyl adjacent to an activating group) is 1. The average Bonchev–Trinajstić information content (AvgIpc) is 2.98. The van der Waals surface area contributed by atoms with E-state index in [1.165, 1.54) is 11.0 Å². The number of hydrogen-bond donors (Lipinski definition) is 0. The summed E-state index contributed by atoms with van der Waals surface area (Å²) < 4.78 is 9.73. The van der Waals surface area contributed by atoms with Gasteiger partial charge in [0.15, 0.2) is 6.61 Å². The number of carbonyl (C=O) groups excluding carboxylic acids is 2. The van der Waals surface area contributed by atoms with Gasteiger partial charge in [0.05, 0.1) is 11.7 Å². The Bertz CT molecular complexity index is 651. The van der Waals surface area contributed by atoms with Gasteiger partial charge >= 0.3 is 5.97 Å². The van der Waals surface area contributed by atoms with Crippen LogP contribution < -0.4 is 0 Å². The summed E-state index contributed by atoms with van der Waals surface area (Å²) in [5, 5.41) is 3.60. The Labute approximate surface area is 128 Å². The number of aromatic nitrogens is 1. The molecule has 0 fully saturated rings. The first kappa shape index (κ1) is 15.8. The summed E-state index contributed by atoms with van der Waals surface area (Å²) in [5.74, 6) is -1.00. The number of carbonyl (C=O) groups is 2. The van der Waals surface area contributed by atoms with E-state index in [0.717, 1.165) is 5.56 Å². The van der Waals surface area contributed by atoms with Crippen LogP contribution in [-0.4, -0.2) is 35.6 Å². The number of ether oxygens (including phenoxy) is 1. The predicted octanol–water partition coefficient (Wildman–Crippen LogP) is 2.36. The van der Waals surface area contributed by atoms with Crippen molar-refractivity contribution in [2.24, 2.45) is 0 Å². The van der Waals surface area contributed by atoms with E-state index < -0.39 is 5.97 Å². The lowest BCUT2D eigenvalue weighted by Crippen LogP contribution is -2.33. The van der Waals surface area contributed by atoms with E-state index in [9.17, 15) is 9.59 Å². The van der Waals surface area contributed by atoms with E-state index in [0.29, 0.717) is 5.69 Å². The van der Waals surface area contributed by atoms with Crippen LogP contribution in [0.25, 0.3) is 0 Å². The van der Waals surface area contributed by atoms with Crippen LogP contribution in [0.4, 0.5) is 0 Å². The third kappa shape index (κ3) is 3.72. The molecule has 0 aliphatic rings. The molecule has 0 N–H and O–H groups in total. The molecule has 1 heterocycles. The smallest absolute Gasteiger partial charge is 0.377 e. The van der Waals surface area contributed by atoms with Gasteiger partial charge in [-0.3, -0.25) is 4.79 Å². The maximum Gasteiger partial charge on any atom is 0.377 e. The van der Waals surface area contributed by atoms with Gasteiger partial charge < -0.3 is 14.2 Å². The fraction of sp³-hybridized carbons (Fsp3) is 0.312. The van der Waals surface area contributed by atoms with Crippen molar-refractivity contribution in [3.63, 3.8) is 0 Å². The molecule has 6 heteroatoms. The molecule has 1 aromatic carbocycles. The van der Waals surface area contributed by atoms with Gasteiger partial charge in [0.2, 0.25) is 5.76 Å². The summed E-state index contributed by atoms with van der Waals surface area (Å²) in [5.41, 5.74) is 1.59. The second-order valence-electron chi connectivity index (χ2n) is 5.00. The maximum absolute atomic E-state index is 12.1. The lowest BCUT2D eigenvalue weighted by Gasteiger charge is -2.25. The molecule has 0 saturated carbocycles. The Morgan fingerprint density at radius 3 is 2.59 bits per heavy atom. The monoisotopic (exact) mass is 302 g/mol. The van der Waals surface area contributed by atoms with E-state index >= 15 is 0 Å². The highest BCUT2D eigenvalue weighted by atomic mass is 16.6. The van der Waals surface area contributed by atoms with Gasteiger partial charge in [-0.15, -0.1) is 0 Å². The first-order chi connectivity index (χ1) is 10.5. The number of amides is 1. The van der Waals surface area contributed by atoms with Crippen LogP contribution in [-0.2, 0) is 9.53 Å². The van der Waals surface area contributed by atoms with Crippen LogP contribution in [0.15, 0.2) is 40.9 Å². The molecule has 0 aliphatic carbocycles. The molecule has 0 aliphatic heterocycles. The second kappa shape index (κ2) is 6.89. The predicted molar refractivity (Wildman–Crippen MR) is 79.1 cm³/mol. The van der Waals surface area contributed by atoms with Crippen LogP contribution in [0.1, 0.15) is 34.8 Å². The van der Waals surface area contributed by atoms with E-state index in [4.69, 9.17) is 9.26 Å². The molecule has 0 radical (unpaired) electrons. The Kier molecular flexibility index (Phi) is 4.93. The zero-order valence-corrected chi connectivity index (χ0v) is 12.8. The standard InChI is InChI=1S/C16H18N2O4/c1-11-9-14(22-17-11)16(20)21-10-15(19)18(3)12(2)13-7-5-4-6-8-13/h4-9,12H,10H2,1-3H3/t12-/m0/s1. The molecule has 2 rings (SSSR count). The van der Waals surface area contributed by atoms with Gasteiger partial charge in [-0.25, -0.2) is 4.79 Å². The molecule has 1 aromatic heterocycles. The van der Waals surface area contributed by atoms with Crippen LogP contribution in [0.5, 0.6) is 0 Å². The van der Waals surface area contributed by atoms with Crippen molar-refractivity contribution >= 4 is 11.9 Å². The lowest BCUT2D eigenvalue weighted by molar-refractivity contribution is -0.135. The zero-order chi connectivity index (χ0) is 16.1. The fourth-order valence-corrected chi connectivity index (χ4v) is 1.93. The molecule has 2 aromatic rings. The summed E-state index contributed by atoms with van der Waals surface area (Å²) in [4.78, 5) is 25.3. The summed E-state index contributed by atoms with van der Waals surface area (Å²) in [6, 6.07) is 11.0. The molecule has 1 atom stereocenters. The second-order valence-corrected chi connectivity index (χ2v) is 5.00. The van der Waals surface area contributed by atoms with Crippen molar-refractivity contribution in [1.29, 1.82) is 0 Å².